The van der Waals surface area contributed by atoms with Gasteiger partial charge in [-0.15, -0.1) is 0 Å². The van der Waals surface area contributed by atoms with Gasteiger partial charge in [-0.05, 0) is 43.8 Å². The maximum absolute atomic E-state index is 5.19. The molecule has 14 heavy (non-hydrogen) atoms. The summed E-state index contributed by atoms with van der Waals surface area (Å²) < 4.78 is 0. The number of hydrogen-bond donors (Lipinski definition) is 2. The molecule has 0 saturated heterocycles. The van der Waals surface area contributed by atoms with E-state index in [9.17, 15) is 0 Å². The van der Waals surface area contributed by atoms with Crippen LogP contribution in [-0.2, 0) is 0 Å². The van der Waals surface area contributed by atoms with Crippen LogP contribution in [0.4, 0.5) is 0 Å². The summed E-state index contributed by atoms with van der Waals surface area (Å²) in [6.45, 7) is 7.66. The molecule has 1 atom stereocenters. The monoisotopic (exact) mass is 214 g/mol. The largest absolute Gasteiger partial charge is 0.363 e. The van der Waals surface area contributed by atoms with Crippen molar-refractivity contribution in [1.82, 2.24) is 10.6 Å². The Morgan fingerprint density at radius 2 is 2.21 bits per heavy atom. The summed E-state index contributed by atoms with van der Waals surface area (Å²) in [6, 6.07) is 0.574. The van der Waals surface area contributed by atoms with E-state index in [-0.39, 0.29) is 0 Å². The molecule has 1 fully saturated rings. The van der Waals surface area contributed by atoms with E-state index in [0.717, 1.165) is 11.7 Å². The van der Waals surface area contributed by atoms with Gasteiger partial charge in [-0.3, -0.25) is 0 Å². The van der Waals surface area contributed by atoms with Gasteiger partial charge in [0.1, 0.15) is 0 Å². The first-order valence-corrected chi connectivity index (χ1v) is 5.99. The van der Waals surface area contributed by atoms with Crippen LogP contribution in [0.5, 0.6) is 0 Å². The Hall–Kier alpha value is -0.310. The van der Waals surface area contributed by atoms with Gasteiger partial charge in [0.05, 0.1) is 0 Å². The van der Waals surface area contributed by atoms with Gasteiger partial charge >= 0.3 is 0 Å². The zero-order valence-electron chi connectivity index (χ0n) is 9.52. The van der Waals surface area contributed by atoms with Gasteiger partial charge < -0.3 is 10.6 Å². The molecule has 1 unspecified atom stereocenters. The molecule has 0 spiro atoms. The minimum atomic E-state index is 0.484. The second-order valence-corrected chi connectivity index (χ2v) is 5.37. The molecule has 0 bridgehead atoms. The standard InChI is InChI=1S/C11H22N2S/c1-4-12-10(14)13-9-6-5-7-11(2,3)8-9/h9H,4-8H2,1-3H3,(H2,12,13,14). The fourth-order valence-corrected chi connectivity index (χ4v) is 2.53. The molecule has 0 aromatic carbocycles. The van der Waals surface area contributed by atoms with Crippen LogP contribution in [0.15, 0.2) is 0 Å². The summed E-state index contributed by atoms with van der Waals surface area (Å²) in [6.07, 6.45) is 5.16. The highest BCUT2D eigenvalue weighted by atomic mass is 32.1. The maximum Gasteiger partial charge on any atom is 0.166 e. The Morgan fingerprint density at radius 3 is 2.79 bits per heavy atom. The lowest BCUT2D eigenvalue weighted by atomic mass is 9.75. The van der Waals surface area contributed by atoms with Crippen molar-refractivity contribution in [3.8, 4) is 0 Å². The predicted molar refractivity (Wildman–Crippen MR) is 65.4 cm³/mol. The smallest absolute Gasteiger partial charge is 0.166 e. The lowest BCUT2D eigenvalue weighted by Crippen LogP contribution is -2.45. The molecule has 2 nitrogen and oxygen atoms in total. The quantitative estimate of drug-likeness (QED) is 0.690. The zero-order valence-corrected chi connectivity index (χ0v) is 10.3. The van der Waals surface area contributed by atoms with E-state index in [4.69, 9.17) is 12.2 Å². The molecule has 1 rings (SSSR count). The van der Waals surface area contributed by atoms with Gasteiger partial charge in [0.2, 0.25) is 0 Å². The Morgan fingerprint density at radius 1 is 1.50 bits per heavy atom. The van der Waals surface area contributed by atoms with Crippen molar-refractivity contribution in [2.24, 2.45) is 5.41 Å². The summed E-state index contributed by atoms with van der Waals surface area (Å²) in [7, 11) is 0. The van der Waals surface area contributed by atoms with Crippen LogP contribution >= 0.6 is 12.2 Å². The molecular weight excluding hydrogens is 192 g/mol. The number of nitrogens with one attached hydrogen (secondary N) is 2. The van der Waals surface area contributed by atoms with Gasteiger partial charge in [0.25, 0.3) is 0 Å². The third-order valence-corrected chi connectivity index (χ3v) is 3.14. The maximum atomic E-state index is 5.19. The van der Waals surface area contributed by atoms with E-state index in [2.05, 4.69) is 31.4 Å². The summed E-state index contributed by atoms with van der Waals surface area (Å²) in [5, 5.41) is 7.35. The van der Waals surface area contributed by atoms with Crippen LogP contribution in [0, 0.1) is 5.41 Å². The summed E-state index contributed by atoms with van der Waals surface area (Å²) in [4.78, 5) is 0. The van der Waals surface area contributed by atoms with Gasteiger partial charge in [0, 0.05) is 12.6 Å². The molecular formula is C11H22N2S. The highest BCUT2D eigenvalue weighted by molar-refractivity contribution is 7.80. The van der Waals surface area contributed by atoms with Gasteiger partial charge in [-0.2, -0.15) is 0 Å². The van der Waals surface area contributed by atoms with Crippen LogP contribution < -0.4 is 10.6 Å². The topological polar surface area (TPSA) is 24.1 Å². The van der Waals surface area contributed by atoms with E-state index >= 15 is 0 Å². The Kier molecular flexibility index (Phi) is 4.17. The van der Waals surface area contributed by atoms with Crippen LogP contribution in [0.3, 0.4) is 0 Å². The van der Waals surface area contributed by atoms with Crippen molar-refractivity contribution in [2.75, 3.05) is 6.54 Å². The molecule has 0 aromatic rings. The first-order chi connectivity index (χ1) is 6.53. The fourth-order valence-electron chi connectivity index (χ4n) is 2.22. The first-order valence-electron chi connectivity index (χ1n) is 5.58. The molecule has 0 radical (unpaired) electrons. The average molecular weight is 214 g/mol. The lowest BCUT2D eigenvalue weighted by Gasteiger charge is -2.36. The Balaban J connectivity index is 2.34. The van der Waals surface area contributed by atoms with Gasteiger partial charge in [0.15, 0.2) is 5.11 Å². The van der Waals surface area contributed by atoms with Crippen LogP contribution in [-0.4, -0.2) is 17.7 Å². The zero-order chi connectivity index (χ0) is 10.6. The van der Waals surface area contributed by atoms with E-state index in [1.165, 1.54) is 25.7 Å². The van der Waals surface area contributed by atoms with Gasteiger partial charge in [-0.1, -0.05) is 20.3 Å². The third kappa shape index (κ3) is 3.82. The molecule has 1 saturated carbocycles. The molecule has 2 N–H and O–H groups in total. The van der Waals surface area contributed by atoms with Crippen LogP contribution in [0.1, 0.15) is 46.5 Å². The minimum absolute atomic E-state index is 0.484. The predicted octanol–water partition coefficient (Wildman–Crippen LogP) is 2.44. The summed E-state index contributed by atoms with van der Waals surface area (Å²) >= 11 is 5.19. The average Bonchev–Trinajstić information content (AvgIpc) is 2.02. The SMILES string of the molecule is CCNC(=S)NC1CCCC(C)(C)C1. The molecule has 3 heteroatoms. The molecule has 0 amide bonds. The van der Waals surface area contributed by atoms with E-state index in [1.54, 1.807) is 0 Å². The molecule has 0 aliphatic heterocycles. The molecule has 0 aromatic heterocycles. The Bertz CT molecular complexity index is 201. The van der Waals surface area contributed by atoms with Crippen LogP contribution in [0.2, 0.25) is 0 Å². The number of rotatable bonds is 2. The molecule has 82 valence electrons. The second-order valence-electron chi connectivity index (χ2n) is 4.96. The fraction of sp³-hybridized carbons (Fsp3) is 0.909. The minimum Gasteiger partial charge on any atom is -0.363 e. The lowest BCUT2D eigenvalue weighted by molar-refractivity contribution is 0.210. The third-order valence-electron chi connectivity index (χ3n) is 2.88. The highest BCUT2D eigenvalue weighted by Crippen LogP contribution is 2.34. The van der Waals surface area contributed by atoms with Gasteiger partial charge in [-0.25, -0.2) is 0 Å². The van der Waals surface area contributed by atoms with Crippen molar-refractivity contribution < 1.29 is 0 Å². The normalized spacial score (nSPS) is 25.5. The van der Waals surface area contributed by atoms with Crippen LogP contribution in [0.25, 0.3) is 0 Å². The van der Waals surface area contributed by atoms with Crippen molar-refractivity contribution in [1.29, 1.82) is 0 Å². The molecule has 1 aliphatic rings. The Labute approximate surface area is 92.8 Å². The van der Waals surface area contributed by atoms with E-state index in [0.29, 0.717) is 11.5 Å². The highest BCUT2D eigenvalue weighted by Gasteiger charge is 2.27. The van der Waals surface area contributed by atoms with Crippen molar-refractivity contribution >= 4 is 17.3 Å². The van der Waals surface area contributed by atoms with Crippen molar-refractivity contribution in [3.63, 3.8) is 0 Å². The second kappa shape index (κ2) is 4.96. The number of hydrogen-bond acceptors (Lipinski definition) is 1. The molecule has 0 heterocycles. The van der Waals surface area contributed by atoms with Crippen molar-refractivity contribution in [3.05, 3.63) is 0 Å². The number of thiocarbonyl (C=S) groups is 1. The van der Waals surface area contributed by atoms with E-state index in [1.807, 2.05) is 0 Å². The van der Waals surface area contributed by atoms with E-state index < -0.39 is 0 Å². The summed E-state index contributed by atoms with van der Waals surface area (Å²) in [5.41, 5.74) is 0.484. The summed E-state index contributed by atoms with van der Waals surface area (Å²) in [5.74, 6) is 0. The molecule has 1 aliphatic carbocycles. The van der Waals surface area contributed by atoms with Crippen molar-refractivity contribution in [2.45, 2.75) is 52.5 Å². The first kappa shape index (κ1) is 11.8.